The van der Waals surface area contributed by atoms with Gasteiger partial charge in [-0.2, -0.15) is 0 Å². The molecule has 0 amide bonds. The van der Waals surface area contributed by atoms with Crippen LogP contribution in [0.4, 0.5) is 4.39 Å². The predicted octanol–water partition coefficient (Wildman–Crippen LogP) is 3.46. The van der Waals surface area contributed by atoms with Crippen molar-refractivity contribution in [2.45, 2.75) is 12.5 Å². The summed E-state index contributed by atoms with van der Waals surface area (Å²) in [6, 6.07) is 13.3. The van der Waals surface area contributed by atoms with Crippen LogP contribution in [0.5, 0.6) is 5.75 Å². The molecule has 0 aliphatic rings. The highest BCUT2D eigenvalue weighted by molar-refractivity contribution is 6.30. The van der Waals surface area contributed by atoms with Crippen LogP contribution in [0.3, 0.4) is 0 Å². The maximum Gasteiger partial charge on any atom is 0.126 e. The van der Waals surface area contributed by atoms with Gasteiger partial charge < -0.3 is 9.84 Å². The minimum atomic E-state index is -0.757. The van der Waals surface area contributed by atoms with Crippen molar-refractivity contribution in [1.29, 1.82) is 0 Å². The smallest absolute Gasteiger partial charge is 0.126 e. The molecule has 0 bridgehead atoms. The van der Waals surface area contributed by atoms with Crippen molar-refractivity contribution >= 4 is 11.6 Å². The van der Waals surface area contributed by atoms with Gasteiger partial charge in [0.2, 0.25) is 0 Å². The zero-order valence-electron chi connectivity index (χ0n) is 10.2. The predicted molar refractivity (Wildman–Crippen MR) is 73.1 cm³/mol. The van der Waals surface area contributed by atoms with Crippen LogP contribution in [0, 0.1) is 5.82 Å². The van der Waals surface area contributed by atoms with E-state index in [9.17, 15) is 9.50 Å². The maximum absolute atomic E-state index is 13.4. The summed E-state index contributed by atoms with van der Waals surface area (Å²) in [5.74, 6) is 0.310. The first kappa shape index (κ1) is 13.8. The van der Waals surface area contributed by atoms with Crippen LogP contribution in [0.15, 0.2) is 48.5 Å². The molecule has 2 aromatic carbocycles. The van der Waals surface area contributed by atoms with Crippen molar-refractivity contribution in [1.82, 2.24) is 0 Å². The molecule has 2 aromatic rings. The highest BCUT2D eigenvalue weighted by atomic mass is 35.5. The number of hydrogen-bond donors (Lipinski definition) is 1. The van der Waals surface area contributed by atoms with Gasteiger partial charge in [-0.15, -0.1) is 0 Å². The minimum Gasteiger partial charge on any atom is -0.491 e. The fourth-order valence-corrected chi connectivity index (χ4v) is 1.83. The Labute approximate surface area is 116 Å². The van der Waals surface area contributed by atoms with Crippen molar-refractivity contribution in [3.63, 3.8) is 0 Å². The zero-order chi connectivity index (χ0) is 13.7. The Morgan fingerprint density at radius 2 is 1.79 bits per heavy atom. The van der Waals surface area contributed by atoms with Gasteiger partial charge >= 0.3 is 0 Å². The Morgan fingerprint density at radius 1 is 1.11 bits per heavy atom. The van der Waals surface area contributed by atoms with Gasteiger partial charge in [-0.25, -0.2) is 4.39 Å². The minimum absolute atomic E-state index is 0.107. The second-order valence-corrected chi connectivity index (χ2v) is 4.65. The number of aliphatic hydroxyl groups excluding tert-OH is 1. The molecule has 0 saturated carbocycles. The third kappa shape index (κ3) is 4.23. The van der Waals surface area contributed by atoms with Crippen LogP contribution in [0.2, 0.25) is 5.02 Å². The van der Waals surface area contributed by atoms with Crippen LogP contribution in [0.1, 0.15) is 5.56 Å². The highest BCUT2D eigenvalue weighted by Crippen LogP contribution is 2.16. The number of rotatable bonds is 5. The molecular weight excluding hydrogens is 267 g/mol. The molecule has 1 atom stereocenters. The van der Waals surface area contributed by atoms with Gasteiger partial charge in [0, 0.05) is 11.4 Å². The molecule has 0 aliphatic carbocycles. The molecule has 0 heterocycles. The first-order valence-corrected chi connectivity index (χ1v) is 6.33. The molecule has 4 heteroatoms. The number of aliphatic hydroxyl groups is 1. The van der Waals surface area contributed by atoms with E-state index < -0.39 is 6.10 Å². The van der Waals surface area contributed by atoms with E-state index in [-0.39, 0.29) is 18.8 Å². The van der Waals surface area contributed by atoms with E-state index >= 15 is 0 Å². The molecule has 1 unspecified atom stereocenters. The summed E-state index contributed by atoms with van der Waals surface area (Å²) in [6.07, 6.45) is -0.534. The first-order chi connectivity index (χ1) is 9.15. The molecule has 0 saturated heterocycles. The Kier molecular flexibility index (Phi) is 4.77. The summed E-state index contributed by atoms with van der Waals surface area (Å²) in [4.78, 5) is 0. The molecular formula is C15H14ClFO2. The number of hydrogen-bond acceptors (Lipinski definition) is 2. The number of halogens is 2. The van der Waals surface area contributed by atoms with E-state index in [0.29, 0.717) is 16.3 Å². The van der Waals surface area contributed by atoms with Gasteiger partial charge in [-0.3, -0.25) is 0 Å². The standard InChI is InChI=1S/C15H14ClFO2/c16-12-5-7-14(8-6-12)19-10-13(18)9-11-3-1-2-4-15(11)17/h1-8,13,18H,9-10H2. The molecule has 0 aromatic heterocycles. The normalized spacial score (nSPS) is 12.2. The van der Waals surface area contributed by atoms with E-state index in [4.69, 9.17) is 16.3 Å². The summed E-state index contributed by atoms with van der Waals surface area (Å²) < 4.78 is 18.8. The lowest BCUT2D eigenvalue weighted by Gasteiger charge is -2.13. The number of benzene rings is 2. The van der Waals surface area contributed by atoms with Crippen LogP contribution in [-0.4, -0.2) is 17.8 Å². The summed E-state index contributed by atoms with van der Waals surface area (Å²) in [6.45, 7) is 0.107. The largest absolute Gasteiger partial charge is 0.491 e. The van der Waals surface area contributed by atoms with Crippen LogP contribution in [-0.2, 0) is 6.42 Å². The van der Waals surface area contributed by atoms with Crippen LogP contribution in [0.25, 0.3) is 0 Å². The zero-order valence-corrected chi connectivity index (χ0v) is 11.0. The summed E-state index contributed by atoms with van der Waals surface area (Å²) >= 11 is 5.75. The quantitative estimate of drug-likeness (QED) is 0.909. The lowest BCUT2D eigenvalue weighted by atomic mass is 10.1. The monoisotopic (exact) mass is 280 g/mol. The average Bonchev–Trinajstić information content (AvgIpc) is 2.41. The van der Waals surface area contributed by atoms with Crippen LogP contribution < -0.4 is 4.74 Å². The Morgan fingerprint density at radius 3 is 2.47 bits per heavy atom. The highest BCUT2D eigenvalue weighted by Gasteiger charge is 2.09. The molecule has 1 N–H and O–H groups in total. The first-order valence-electron chi connectivity index (χ1n) is 5.95. The van der Waals surface area contributed by atoms with Gasteiger partial charge in [0.15, 0.2) is 0 Å². The second-order valence-electron chi connectivity index (χ2n) is 4.21. The van der Waals surface area contributed by atoms with Crippen molar-refractivity contribution < 1.29 is 14.2 Å². The molecule has 19 heavy (non-hydrogen) atoms. The molecule has 2 rings (SSSR count). The topological polar surface area (TPSA) is 29.5 Å². The lowest BCUT2D eigenvalue weighted by molar-refractivity contribution is 0.107. The molecule has 0 fully saturated rings. The number of ether oxygens (including phenoxy) is 1. The molecule has 0 spiro atoms. The van der Waals surface area contributed by atoms with Crippen molar-refractivity contribution in [2.75, 3.05) is 6.61 Å². The molecule has 0 radical (unpaired) electrons. The van der Waals surface area contributed by atoms with E-state index in [2.05, 4.69) is 0 Å². The maximum atomic E-state index is 13.4. The molecule has 2 nitrogen and oxygen atoms in total. The third-order valence-electron chi connectivity index (χ3n) is 2.67. The Hall–Kier alpha value is -1.58. The van der Waals surface area contributed by atoms with Crippen molar-refractivity contribution in [2.24, 2.45) is 0 Å². The lowest BCUT2D eigenvalue weighted by Crippen LogP contribution is -2.20. The molecule has 0 aliphatic heterocycles. The van der Waals surface area contributed by atoms with Crippen molar-refractivity contribution in [3.05, 3.63) is 64.9 Å². The van der Waals surface area contributed by atoms with Gasteiger partial charge in [-0.05, 0) is 35.9 Å². The van der Waals surface area contributed by atoms with Gasteiger partial charge in [0.25, 0.3) is 0 Å². The SMILES string of the molecule is OC(COc1ccc(Cl)cc1)Cc1ccccc1F. The van der Waals surface area contributed by atoms with Crippen LogP contribution >= 0.6 is 11.6 Å². The van der Waals surface area contributed by atoms with Gasteiger partial charge in [0.1, 0.15) is 18.2 Å². The van der Waals surface area contributed by atoms with Gasteiger partial charge in [0.05, 0.1) is 6.10 Å². The fourth-order valence-electron chi connectivity index (χ4n) is 1.70. The van der Waals surface area contributed by atoms with E-state index in [0.717, 1.165) is 0 Å². The average molecular weight is 281 g/mol. The molecule has 100 valence electrons. The fraction of sp³-hybridized carbons (Fsp3) is 0.200. The van der Waals surface area contributed by atoms with E-state index in [1.54, 1.807) is 42.5 Å². The Balaban J connectivity index is 1.86. The summed E-state index contributed by atoms with van der Waals surface area (Å²) in [5, 5.41) is 10.4. The van der Waals surface area contributed by atoms with Gasteiger partial charge in [-0.1, -0.05) is 29.8 Å². The van der Waals surface area contributed by atoms with E-state index in [1.165, 1.54) is 6.07 Å². The summed E-state index contributed by atoms with van der Waals surface area (Å²) in [5.41, 5.74) is 0.481. The second kappa shape index (κ2) is 6.55. The summed E-state index contributed by atoms with van der Waals surface area (Å²) in [7, 11) is 0. The third-order valence-corrected chi connectivity index (χ3v) is 2.92. The Bertz CT molecular complexity index is 528. The van der Waals surface area contributed by atoms with Crippen molar-refractivity contribution in [3.8, 4) is 5.75 Å². The van der Waals surface area contributed by atoms with E-state index in [1.807, 2.05) is 0 Å².